The number of aromatic nitrogens is 1. The number of rotatable bonds is 3. The molecule has 1 aromatic heterocycles. The van der Waals surface area contributed by atoms with Crippen LogP contribution >= 0.6 is 15.9 Å². The Bertz CT molecular complexity index is 614. The topological polar surface area (TPSA) is 42.2 Å². The van der Waals surface area contributed by atoms with Crippen LogP contribution in [0.15, 0.2) is 28.9 Å². The molecule has 2 aromatic rings. The molecule has 0 saturated carbocycles. The van der Waals surface area contributed by atoms with Gasteiger partial charge in [0.25, 0.3) is 0 Å². The van der Waals surface area contributed by atoms with E-state index < -0.39 is 11.4 Å². The molecular weight excluding hydrogens is 294 g/mol. The highest BCUT2D eigenvalue weighted by Crippen LogP contribution is 2.30. The molecule has 0 amide bonds. The zero-order valence-corrected chi connectivity index (χ0v) is 12.3. The summed E-state index contributed by atoms with van der Waals surface area (Å²) < 4.78 is 3.05. The summed E-state index contributed by atoms with van der Waals surface area (Å²) in [5.41, 5.74) is 1.44. The van der Waals surface area contributed by atoms with Crippen molar-refractivity contribution in [3.63, 3.8) is 0 Å². The lowest BCUT2D eigenvalue weighted by Gasteiger charge is -2.18. The average molecular weight is 310 g/mol. The molecule has 1 N–H and O–H groups in total. The Morgan fingerprint density at radius 3 is 2.72 bits per heavy atom. The van der Waals surface area contributed by atoms with Crippen LogP contribution < -0.4 is 0 Å². The third kappa shape index (κ3) is 2.29. The first kappa shape index (κ1) is 13.1. The third-order valence-electron chi connectivity index (χ3n) is 3.25. The second kappa shape index (κ2) is 4.43. The van der Waals surface area contributed by atoms with Gasteiger partial charge in [-0.1, -0.05) is 15.9 Å². The molecule has 0 radical (unpaired) electrons. The van der Waals surface area contributed by atoms with Crippen LogP contribution in [0, 0.1) is 5.41 Å². The molecule has 0 unspecified atom stereocenters. The van der Waals surface area contributed by atoms with Gasteiger partial charge in [-0.15, -0.1) is 0 Å². The Kier molecular flexibility index (Phi) is 3.23. The predicted molar refractivity (Wildman–Crippen MR) is 75.7 cm³/mol. The van der Waals surface area contributed by atoms with Crippen LogP contribution in [-0.4, -0.2) is 15.6 Å². The van der Waals surface area contributed by atoms with Gasteiger partial charge >= 0.3 is 5.97 Å². The lowest BCUT2D eigenvalue weighted by molar-refractivity contribution is -0.146. The first-order chi connectivity index (χ1) is 8.31. The predicted octanol–water partition coefficient (Wildman–Crippen LogP) is 3.59. The van der Waals surface area contributed by atoms with Crippen LogP contribution in [0.25, 0.3) is 10.9 Å². The summed E-state index contributed by atoms with van der Waals surface area (Å²) in [7, 11) is 1.98. The highest BCUT2D eigenvalue weighted by molar-refractivity contribution is 9.10. The van der Waals surface area contributed by atoms with Gasteiger partial charge in [-0.2, -0.15) is 0 Å². The second-order valence-corrected chi connectivity index (χ2v) is 6.21. The minimum Gasteiger partial charge on any atom is -0.481 e. The zero-order valence-electron chi connectivity index (χ0n) is 10.7. The summed E-state index contributed by atoms with van der Waals surface area (Å²) in [4.78, 5) is 11.2. The van der Waals surface area contributed by atoms with E-state index in [2.05, 4.69) is 15.9 Å². The average Bonchev–Trinajstić information content (AvgIpc) is 2.54. The lowest BCUT2D eigenvalue weighted by atomic mass is 9.86. The summed E-state index contributed by atoms with van der Waals surface area (Å²) >= 11 is 3.46. The number of benzene rings is 1. The minimum atomic E-state index is -0.769. The highest BCUT2D eigenvalue weighted by atomic mass is 79.9. The molecule has 96 valence electrons. The molecule has 0 saturated heterocycles. The van der Waals surface area contributed by atoms with Gasteiger partial charge in [0.1, 0.15) is 0 Å². The van der Waals surface area contributed by atoms with Crippen molar-refractivity contribution in [1.82, 2.24) is 4.57 Å². The van der Waals surface area contributed by atoms with E-state index in [9.17, 15) is 9.90 Å². The normalized spacial score (nSPS) is 12.0. The molecule has 2 rings (SSSR count). The number of carboxylic acids is 1. The summed E-state index contributed by atoms with van der Waals surface area (Å²) in [5.74, 6) is -0.769. The molecule has 4 heteroatoms. The van der Waals surface area contributed by atoms with Gasteiger partial charge in [0.2, 0.25) is 0 Å². The van der Waals surface area contributed by atoms with Gasteiger partial charge < -0.3 is 9.67 Å². The van der Waals surface area contributed by atoms with Crippen molar-refractivity contribution >= 4 is 32.8 Å². The summed E-state index contributed by atoms with van der Waals surface area (Å²) in [6.07, 6.45) is 2.54. The maximum atomic E-state index is 11.2. The third-order valence-corrected chi connectivity index (χ3v) is 3.74. The van der Waals surface area contributed by atoms with Gasteiger partial charge in [-0.3, -0.25) is 4.79 Å². The van der Waals surface area contributed by atoms with Crippen molar-refractivity contribution in [1.29, 1.82) is 0 Å². The number of carboxylic acid groups (broad SMARTS) is 1. The largest absolute Gasteiger partial charge is 0.481 e. The van der Waals surface area contributed by atoms with Gasteiger partial charge in [0, 0.05) is 28.6 Å². The number of hydrogen-bond donors (Lipinski definition) is 1. The van der Waals surface area contributed by atoms with E-state index in [4.69, 9.17) is 0 Å². The number of nitrogens with zero attached hydrogens (tertiary/aromatic N) is 1. The molecule has 1 heterocycles. The fourth-order valence-corrected chi connectivity index (χ4v) is 2.50. The zero-order chi connectivity index (χ0) is 13.5. The first-order valence-electron chi connectivity index (χ1n) is 5.78. The quantitative estimate of drug-likeness (QED) is 0.941. The van der Waals surface area contributed by atoms with E-state index in [1.807, 2.05) is 36.0 Å². The minimum absolute atomic E-state index is 0.524. The fourth-order valence-electron chi connectivity index (χ4n) is 2.14. The van der Waals surface area contributed by atoms with Crippen molar-refractivity contribution in [2.45, 2.75) is 20.3 Å². The van der Waals surface area contributed by atoms with E-state index in [0.717, 1.165) is 20.9 Å². The molecule has 18 heavy (non-hydrogen) atoms. The van der Waals surface area contributed by atoms with Crippen LogP contribution in [0.5, 0.6) is 0 Å². The number of carbonyl (C=O) groups is 1. The van der Waals surface area contributed by atoms with Crippen molar-refractivity contribution in [3.8, 4) is 0 Å². The molecule has 0 fully saturated rings. The smallest absolute Gasteiger partial charge is 0.309 e. The Balaban J connectivity index is 2.52. The van der Waals surface area contributed by atoms with E-state index in [1.165, 1.54) is 0 Å². The van der Waals surface area contributed by atoms with Gasteiger partial charge in [-0.05, 0) is 44.0 Å². The fraction of sp³-hybridized carbons (Fsp3) is 0.357. The molecule has 0 aliphatic carbocycles. The monoisotopic (exact) mass is 309 g/mol. The number of aryl methyl sites for hydroxylation is 1. The summed E-state index contributed by atoms with van der Waals surface area (Å²) in [6.45, 7) is 3.51. The van der Waals surface area contributed by atoms with E-state index in [-0.39, 0.29) is 0 Å². The molecule has 0 spiro atoms. The molecule has 3 nitrogen and oxygen atoms in total. The SMILES string of the molecule is Cn1cc(CC(C)(C)C(=O)O)c2cc(Br)ccc21. The Labute approximate surface area is 115 Å². The molecule has 1 aromatic carbocycles. The van der Waals surface area contributed by atoms with E-state index >= 15 is 0 Å². The Morgan fingerprint density at radius 2 is 2.11 bits per heavy atom. The molecule has 0 atom stereocenters. The van der Waals surface area contributed by atoms with Gasteiger partial charge in [-0.25, -0.2) is 0 Å². The first-order valence-corrected chi connectivity index (χ1v) is 6.57. The van der Waals surface area contributed by atoms with Crippen LogP contribution in [0.2, 0.25) is 0 Å². The van der Waals surface area contributed by atoms with Crippen LogP contribution in [0.3, 0.4) is 0 Å². The van der Waals surface area contributed by atoms with Gasteiger partial charge in [0.05, 0.1) is 5.41 Å². The maximum absolute atomic E-state index is 11.2. The summed E-state index contributed by atoms with van der Waals surface area (Å²) in [6, 6.07) is 6.08. The van der Waals surface area contributed by atoms with Crippen molar-refractivity contribution < 1.29 is 9.90 Å². The lowest BCUT2D eigenvalue weighted by Crippen LogP contribution is -2.26. The number of fused-ring (bicyclic) bond motifs is 1. The number of halogens is 1. The molecule has 0 aliphatic heterocycles. The number of hydrogen-bond acceptors (Lipinski definition) is 1. The van der Waals surface area contributed by atoms with Crippen LogP contribution in [0.4, 0.5) is 0 Å². The van der Waals surface area contributed by atoms with Crippen molar-refractivity contribution in [2.24, 2.45) is 12.5 Å². The maximum Gasteiger partial charge on any atom is 0.309 e. The number of aliphatic carboxylic acids is 1. The summed E-state index contributed by atoms with van der Waals surface area (Å²) in [5, 5.41) is 10.3. The second-order valence-electron chi connectivity index (χ2n) is 5.29. The van der Waals surface area contributed by atoms with Gasteiger partial charge in [0.15, 0.2) is 0 Å². The van der Waals surface area contributed by atoms with Crippen molar-refractivity contribution in [3.05, 3.63) is 34.4 Å². The van der Waals surface area contributed by atoms with E-state index in [0.29, 0.717) is 6.42 Å². The standard InChI is InChI=1S/C14H16BrNO2/c1-14(2,13(17)18)7-9-8-16(3)12-5-4-10(15)6-11(9)12/h4-6,8H,7H2,1-3H3,(H,17,18). The molecular formula is C14H16BrNO2. The Morgan fingerprint density at radius 1 is 1.44 bits per heavy atom. The van der Waals surface area contributed by atoms with Crippen molar-refractivity contribution in [2.75, 3.05) is 0 Å². The highest BCUT2D eigenvalue weighted by Gasteiger charge is 2.28. The molecule has 0 aliphatic rings. The molecule has 0 bridgehead atoms. The van der Waals surface area contributed by atoms with E-state index in [1.54, 1.807) is 13.8 Å². The van der Waals surface area contributed by atoms with Crippen LogP contribution in [0.1, 0.15) is 19.4 Å². The van der Waals surface area contributed by atoms with Crippen LogP contribution in [-0.2, 0) is 18.3 Å². The Hall–Kier alpha value is -1.29.